The Labute approximate surface area is 123 Å². The predicted octanol–water partition coefficient (Wildman–Crippen LogP) is 2.78. The second kappa shape index (κ2) is 6.12. The Morgan fingerprint density at radius 2 is 1.86 bits per heavy atom. The van der Waals surface area contributed by atoms with Gasteiger partial charge in [0, 0.05) is 5.38 Å². The molecule has 0 unspecified atom stereocenters. The Morgan fingerprint density at radius 1 is 1.19 bits per heavy atom. The fraction of sp³-hybridized carbons (Fsp3) is 0.250. The maximum absolute atomic E-state index is 12.4. The maximum atomic E-state index is 12.4. The van der Waals surface area contributed by atoms with Gasteiger partial charge in [0.05, 0.1) is 12.3 Å². The number of rotatable bonds is 5. The Balaban J connectivity index is 1.97. The van der Waals surface area contributed by atoms with Gasteiger partial charge in [0.25, 0.3) is 0 Å². The second-order valence-corrected chi connectivity index (χ2v) is 6.94. The summed E-state index contributed by atoms with van der Waals surface area (Å²) in [5.74, 6) is -0.231. The average molecular weight is 336 g/mol. The van der Waals surface area contributed by atoms with Crippen LogP contribution >= 0.6 is 11.3 Å². The molecule has 0 fully saturated rings. The van der Waals surface area contributed by atoms with E-state index in [-0.39, 0.29) is 17.3 Å². The number of thiazole rings is 1. The number of alkyl halides is 3. The summed E-state index contributed by atoms with van der Waals surface area (Å²) in [5, 5.41) is 0.930. The zero-order valence-electron chi connectivity index (χ0n) is 10.6. The molecule has 0 amide bonds. The molecule has 1 aromatic heterocycles. The van der Waals surface area contributed by atoms with Gasteiger partial charge in [-0.1, -0.05) is 30.3 Å². The third-order valence-electron chi connectivity index (χ3n) is 2.49. The summed E-state index contributed by atoms with van der Waals surface area (Å²) in [7, 11) is -3.62. The van der Waals surface area contributed by atoms with Gasteiger partial charge in [-0.2, -0.15) is 13.2 Å². The van der Waals surface area contributed by atoms with Crippen molar-refractivity contribution in [2.24, 2.45) is 0 Å². The molecule has 1 aromatic carbocycles. The third kappa shape index (κ3) is 4.80. The fourth-order valence-electron chi connectivity index (χ4n) is 1.54. The standard InChI is InChI=1S/C12H11F3N2O2S2/c13-12(14,15)10-7-20-11(17-10)6-16-21(18,19)8-9-4-2-1-3-5-9/h1-5,7,16H,6,8H2. The van der Waals surface area contributed by atoms with Gasteiger partial charge in [0.2, 0.25) is 10.0 Å². The monoisotopic (exact) mass is 336 g/mol. The Bertz CT molecular complexity index is 697. The van der Waals surface area contributed by atoms with E-state index in [1.54, 1.807) is 30.3 Å². The highest BCUT2D eigenvalue weighted by Crippen LogP contribution is 2.29. The fourth-order valence-corrected chi connectivity index (χ4v) is 3.46. The normalized spacial score (nSPS) is 12.5. The zero-order valence-corrected chi connectivity index (χ0v) is 12.2. The van der Waals surface area contributed by atoms with Crippen molar-refractivity contribution in [3.63, 3.8) is 0 Å². The summed E-state index contributed by atoms with van der Waals surface area (Å²) in [6.07, 6.45) is -4.52. The molecule has 0 radical (unpaired) electrons. The lowest BCUT2D eigenvalue weighted by Crippen LogP contribution is -2.24. The van der Waals surface area contributed by atoms with E-state index in [1.807, 2.05) is 0 Å². The number of halogens is 3. The van der Waals surface area contributed by atoms with Crippen molar-refractivity contribution >= 4 is 21.4 Å². The largest absolute Gasteiger partial charge is 0.434 e. The molecule has 0 spiro atoms. The summed E-state index contributed by atoms with van der Waals surface area (Å²) in [6.45, 7) is -0.254. The molecule has 9 heteroatoms. The molecule has 114 valence electrons. The minimum absolute atomic E-state index is 0.0685. The first-order chi connectivity index (χ1) is 9.76. The summed E-state index contributed by atoms with van der Waals surface area (Å²) < 4.78 is 63.0. The van der Waals surface area contributed by atoms with Crippen LogP contribution in [0.3, 0.4) is 0 Å². The number of benzene rings is 1. The Morgan fingerprint density at radius 3 is 2.43 bits per heavy atom. The van der Waals surface area contributed by atoms with Crippen molar-refractivity contribution in [3.8, 4) is 0 Å². The van der Waals surface area contributed by atoms with Gasteiger partial charge in [0.15, 0.2) is 5.69 Å². The number of hydrogen-bond donors (Lipinski definition) is 1. The molecule has 2 aromatic rings. The molecule has 0 saturated carbocycles. The van der Waals surface area contributed by atoms with Crippen LogP contribution in [0.4, 0.5) is 13.2 Å². The topological polar surface area (TPSA) is 59.1 Å². The van der Waals surface area contributed by atoms with Crippen LogP contribution in [0, 0.1) is 0 Å². The molecule has 0 bridgehead atoms. The molecule has 0 atom stereocenters. The molecule has 4 nitrogen and oxygen atoms in total. The second-order valence-electron chi connectivity index (χ2n) is 4.19. The van der Waals surface area contributed by atoms with Crippen LogP contribution in [0.1, 0.15) is 16.3 Å². The van der Waals surface area contributed by atoms with E-state index in [0.717, 1.165) is 16.7 Å². The van der Waals surface area contributed by atoms with Crippen LogP contribution in [0.2, 0.25) is 0 Å². The van der Waals surface area contributed by atoms with Crippen LogP contribution in [0.5, 0.6) is 0 Å². The number of nitrogens with one attached hydrogen (secondary N) is 1. The molecular weight excluding hydrogens is 325 g/mol. The first kappa shape index (κ1) is 15.9. The molecule has 1 N–H and O–H groups in total. The van der Waals surface area contributed by atoms with E-state index >= 15 is 0 Å². The van der Waals surface area contributed by atoms with Crippen molar-refractivity contribution in [2.45, 2.75) is 18.5 Å². The van der Waals surface area contributed by atoms with Gasteiger partial charge in [-0.25, -0.2) is 18.1 Å². The SMILES string of the molecule is O=S(=O)(Cc1ccccc1)NCc1nc(C(F)(F)F)cs1. The van der Waals surface area contributed by atoms with E-state index in [2.05, 4.69) is 9.71 Å². The van der Waals surface area contributed by atoms with Gasteiger partial charge >= 0.3 is 6.18 Å². The minimum Gasteiger partial charge on any atom is -0.235 e. The van der Waals surface area contributed by atoms with Crippen molar-refractivity contribution < 1.29 is 21.6 Å². The molecule has 0 saturated heterocycles. The lowest BCUT2D eigenvalue weighted by molar-refractivity contribution is -0.140. The smallest absolute Gasteiger partial charge is 0.235 e. The van der Waals surface area contributed by atoms with E-state index in [4.69, 9.17) is 0 Å². The summed E-state index contributed by atoms with van der Waals surface area (Å²) >= 11 is 0.765. The lowest BCUT2D eigenvalue weighted by Gasteiger charge is -2.05. The Kier molecular flexibility index (Phi) is 4.64. The lowest BCUT2D eigenvalue weighted by atomic mass is 10.2. The number of sulfonamides is 1. The highest BCUT2D eigenvalue weighted by molar-refractivity contribution is 7.88. The van der Waals surface area contributed by atoms with Crippen molar-refractivity contribution in [2.75, 3.05) is 0 Å². The zero-order chi connectivity index (χ0) is 15.5. The van der Waals surface area contributed by atoms with Gasteiger partial charge in [-0.15, -0.1) is 11.3 Å². The third-order valence-corrected chi connectivity index (χ3v) is 4.63. The molecule has 0 aliphatic carbocycles. The van der Waals surface area contributed by atoms with Gasteiger partial charge in [0.1, 0.15) is 5.01 Å². The average Bonchev–Trinajstić information content (AvgIpc) is 2.86. The molecule has 0 aliphatic rings. The van der Waals surface area contributed by atoms with Crippen LogP contribution in [0.15, 0.2) is 35.7 Å². The first-order valence-corrected chi connectivity index (χ1v) is 8.32. The van der Waals surface area contributed by atoms with Crippen LogP contribution in [-0.2, 0) is 28.5 Å². The highest BCUT2D eigenvalue weighted by atomic mass is 32.2. The summed E-state index contributed by atoms with van der Waals surface area (Å²) in [5.41, 5.74) is -0.412. The molecule has 0 aliphatic heterocycles. The van der Waals surface area contributed by atoms with Crippen LogP contribution in [-0.4, -0.2) is 13.4 Å². The van der Waals surface area contributed by atoms with E-state index < -0.39 is 21.9 Å². The van der Waals surface area contributed by atoms with Gasteiger partial charge in [-0.3, -0.25) is 0 Å². The molecule has 2 rings (SSSR count). The summed E-state index contributed by atoms with van der Waals surface area (Å²) in [6, 6.07) is 8.50. The quantitative estimate of drug-likeness (QED) is 0.913. The number of nitrogens with zero attached hydrogens (tertiary/aromatic N) is 1. The molecule has 1 heterocycles. The Hall–Kier alpha value is -1.45. The van der Waals surface area contributed by atoms with E-state index in [1.165, 1.54) is 0 Å². The van der Waals surface area contributed by atoms with E-state index in [9.17, 15) is 21.6 Å². The number of hydrogen-bond acceptors (Lipinski definition) is 4. The first-order valence-electron chi connectivity index (χ1n) is 5.79. The van der Waals surface area contributed by atoms with Gasteiger partial charge in [-0.05, 0) is 5.56 Å². The van der Waals surface area contributed by atoms with Crippen molar-refractivity contribution in [3.05, 3.63) is 52.0 Å². The predicted molar refractivity (Wildman–Crippen MR) is 73.0 cm³/mol. The highest BCUT2D eigenvalue weighted by Gasteiger charge is 2.33. The van der Waals surface area contributed by atoms with E-state index in [0.29, 0.717) is 5.56 Å². The summed E-state index contributed by atoms with van der Waals surface area (Å²) in [4.78, 5) is 3.36. The molecular formula is C12H11F3N2O2S2. The van der Waals surface area contributed by atoms with Gasteiger partial charge < -0.3 is 0 Å². The maximum Gasteiger partial charge on any atom is 0.434 e. The number of aromatic nitrogens is 1. The minimum atomic E-state index is -4.52. The van der Waals surface area contributed by atoms with Crippen molar-refractivity contribution in [1.29, 1.82) is 0 Å². The van der Waals surface area contributed by atoms with Crippen molar-refractivity contribution in [1.82, 2.24) is 9.71 Å². The van der Waals surface area contributed by atoms with Crippen LogP contribution in [0.25, 0.3) is 0 Å². The van der Waals surface area contributed by atoms with Crippen LogP contribution < -0.4 is 4.72 Å². The molecule has 21 heavy (non-hydrogen) atoms.